The predicted octanol–water partition coefficient (Wildman–Crippen LogP) is 4.41. The van der Waals surface area contributed by atoms with Gasteiger partial charge in [0.2, 0.25) is 0 Å². The van der Waals surface area contributed by atoms with Crippen molar-refractivity contribution in [3.8, 4) is 11.8 Å². The third-order valence-electron chi connectivity index (χ3n) is 3.55. The van der Waals surface area contributed by atoms with Gasteiger partial charge in [-0.3, -0.25) is 4.79 Å². The monoisotopic (exact) mass is 332 g/mol. The van der Waals surface area contributed by atoms with Crippen molar-refractivity contribution >= 4 is 17.7 Å². The predicted molar refractivity (Wildman–Crippen MR) is 100 cm³/mol. The first-order valence-electron chi connectivity index (χ1n) is 7.87. The van der Waals surface area contributed by atoms with Crippen molar-refractivity contribution in [1.82, 2.24) is 0 Å². The first kappa shape index (κ1) is 18.0. The molecule has 1 N–H and O–H groups in total. The summed E-state index contributed by atoms with van der Waals surface area (Å²) in [5.41, 5.74) is 3.56. The minimum Gasteiger partial charge on any atom is -0.490 e. The highest BCUT2D eigenvalue weighted by Gasteiger charge is 2.11. The molecular formula is C21H20N2O2. The van der Waals surface area contributed by atoms with Crippen LogP contribution in [0.15, 0.2) is 60.7 Å². The molecule has 0 saturated carbocycles. The van der Waals surface area contributed by atoms with Crippen LogP contribution in [0.25, 0.3) is 6.08 Å². The van der Waals surface area contributed by atoms with E-state index in [4.69, 9.17) is 4.74 Å². The molecule has 0 heterocycles. The fourth-order valence-corrected chi connectivity index (χ4v) is 2.27. The van der Waals surface area contributed by atoms with E-state index in [1.807, 2.05) is 38.1 Å². The largest absolute Gasteiger partial charge is 0.490 e. The van der Waals surface area contributed by atoms with E-state index in [0.717, 1.165) is 16.7 Å². The lowest BCUT2D eigenvalue weighted by Crippen LogP contribution is -2.14. The summed E-state index contributed by atoms with van der Waals surface area (Å²) in [6, 6.07) is 14.8. The second kappa shape index (κ2) is 8.51. The van der Waals surface area contributed by atoms with Crippen LogP contribution >= 0.6 is 0 Å². The Morgan fingerprint density at radius 2 is 1.96 bits per heavy atom. The standard InChI is InChI=1S/C21H20N2O2/c1-4-11-25-19-8-6-17(7-9-19)13-18(14-22)21(24)23-20-10-5-15(2)12-16(20)3/h4-10,12-13H,1,11H2,2-3H3,(H,23,24)/b18-13+. The van der Waals surface area contributed by atoms with Gasteiger partial charge in [0.25, 0.3) is 5.91 Å². The van der Waals surface area contributed by atoms with Gasteiger partial charge < -0.3 is 10.1 Å². The number of ether oxygens (including phenoxy) is 1. The Bertz CT molecular complexity index is 843. The van der Waals surface area contributed by atoms with Gasteiger partial charge in [-0.25, -0.2) is 0 Å². The van der Waals surface area contributed by atoms with Gasteiger partial charge in [-0.15, -0.1) is 0 Å². The first-order valence-corrected chi connectivity index (χ1v) is 7.87. The summed E-state index contributed by atoms with van der Waals surface area (Å²) in [4.78, 5) is 12.4. The van der Waals surface area contributed by atoms with Crippen molar-refractivity contribution in [2.45, 2.75) is 13.8 Å². The van der Waals surface area contributed by atoms with Crippen LogP contribution in [0.4, 0.5) is 5.69 Å². The van der Waals surface area contributed by atoms with Crippen LogP contribution in [0.5, 0.6) is 5.75 Å². The van der Waals surface area contributed by atoms with Gasteiger partial charge in [-0.2, -0.15) is 5.26 Å². The fourth-order valence-electron chi connectivity index (χ4n) is 2.27. The van der Waals surface area contributed by atoms with Crippen LogP contribution in [-0.4, -0.2) is 12.5 Å². The summed E-state index contributed by atoms with van der Waals surface area (Å²) in [5.74, 6) is 0.275. The lowest BCUT2D eigenvalue weighted by Gasteiger charge is -2.08. The van der Waals surface area contributed by atoms with Gasteiger partial charge in [0, 0.05) is 5.69 Å². The molecule has 25 heavy (non-hydrogen) atoms. The van der Waals surface area contributed by atoms with Crippen LogP contribution in [0, 0.1) is 25.2 Å². The average Bonchev–Trinajstić information content (AvgIpc) is 2.61. The maximum atomic E-state index is 12.4. The van der Waals surface area contributed by atoms with Gasteiger partial charge in [-0.05, 0) is 49.2 Å². The molecule has 0 unspecified atom stereocenters. The first-order chi connectivity index (χ1) is 12.0. The fraction of sp³-hybridized carbons (Fsp3) is 0.143. The molecule has 1 amide bonds. The average molecular weight is 332 g/mol. The molecule has 0 spiro atoms. The lowest BCUT2D eigenvalue weighted by molar-refractivity contribution is -0.112. The maximum absolute atomic E-state index is 12.4. The Morgan fingerprint density at radius 1 is 1.24 bits per heavy atom. The molecule has 4 nitrogen and oxygen atoms in total. The highest BCUT2D eigenvalue weighted by Crippen LogP contribution is 2.18. The van der Waals surface area contributed by atoms with Crippen molar-refractivity contribution in [2.75, 3.05) is 11.9 Å². The number of benzene rings is 2. The quantitative estimate of drug-likeness (QED) is 0.484. The van der Waals surface area contributed by atoms with Crippen LogP contribution in [0.1, 0.15) is 16.7 Å². The van der Waals surface area contributed by atoms with Crippen LogP contribution in [0.3, 0.4) is 0 Å². The van der Waals surface area contributed by atoms with Crippen LogP contribution in [0.2, 0.25) is 0 Å². The molecule has 126 valence electrons. The molecule has 2 aromatic carbocycles. The van der Waals surface area contributed by atoms with Gasteiger partial charge in [0.1, 0.15) is 24.0 Å². The molecule has 0 aliphatic heterocycles. The van der Waals surface area contributed by atoms with E-state index in [-0.39, 0.29) is 5.57 Å². The lowest BCUT2D eigenvalue weighted by atomic mass is 10.1. The number of hydrogen-bond donors (Lipinski definition) is 1. The van der Waals surface area contributed by atoms with Crippen molar-refractivity contribution in [2.24, 2.45) is 0 Å². The number of anilines is 1. The molecule has 0 atom stereocenters. The molecular weight excluding hydrogens is 312 g/mol. The second-order valence-electron chi connectivity index (χ2n) is 5.61. The normalized spacial score (nSPS) is 10.7. The SMILES string of the molecule is C=CCOc1ccc(/C=C(\C#N)C(=O)Nc2ccc(C)cc2C)cc1. The maximum Gasteiger partial charge on any atom is 0.266 e. The van der Waals surface area contributed by atoms with Crippen molar-refractivity contribution in [3.05, 3.63) is 77.4 Å². The molecule has 0 fully saturated rings. The number of carbonyl (C=O) groups is 1. The Balaban J connectivity index is 2.14. The molecule has 2 aromatic rings. The zero-order valence-electron chi connectivity index (χ0n) is 14.4. The number of nitriles is 1. The van der Waals surface area contributed by atoms with Crippen molar-refractivity contribution < 1.29 is 9.53 Å². The molecule has 0 aliphatic carbocycles. The van der Waals surface area contributed by atoms with Gasteiger partial charge >= 0.3 is 0 Å². The molecule has 0 aromatic heterocycles. The third kappa shape index (κ3) is 5.08. The Hall–Kier alpha value is -3.32. The second-order valence-corrected chi connectivity index (χ2v) is 5.61. The third-order valence-corrected chi connectivity index (χ3v) is 3.55. The van der Waals surface area contributed by atoms with E-state index in [2.05, 4.69) is 11.9 Å². The van der Waals surface area contributed by atoms with Crippen LogP contribution in [-0.2, 0) is 4.79 Å². The highest BCUT2D eigenvalue weighted by molar-refractivity contribution is 6.09. The number of amides is 1. The van der Waals surface area contributed by atoms with Crippen molar-refractivity contribution in [3.63, 3.8) is 0 Å². The van der Waals surface area contributed by atoms with Gasteiger partial charge in [-0.1, -0.05) is 42.5 Å². The van der Waals surface area contributed by atoms with E-state index in [1.165, 1.54) is 0 Å². The Labute approximate surface area is 148 Å². The number of aryl methyl sites for hydroxylation is 2. The molecule has 0 radical (unpaired) electrons. The zero-order chi connectivity index (χ0) is 18.2. The van der Waals surface area contributed by atoms with Crippen molar-refractivity contribution in [1.29, 1.82) is 5.26 Å². The number of rotatable bonds is 6. The smallest absolute Gasteiger partial charge is 0.266 e. The molecule has 2 rings (SSSR count). The zero-order valence-corrected chi connectivity index (χ0v) is 14.4. The van der Waals surface area contributed by atoms with E-state index < -0.39 is 5.91 Å². The highest BCUT2D eigenvalue weighted by atomic mass is 16.5. The summed E-state index contributed by atoms with van der Waals surface area (Å²) in [7, 11) is 0. The van der Waals surface area contributed by atoms with Crippen LogP contribution < -0.4 is 10.1 Å². The Morgan fingerprint density at radius 3 is 2.56 bits per heavy atom. The Kier molecular flexibility index (Phi) is 6.14. The summed E-state index contributed by atoms with van der Waals surface area (Å²) in [6.45, 7) is 7.93. The van der Waals surface area contributed by atoms with Gasteiger partial charge in [0.05, 0.1) is 0 Å². The number of nitrogens with zero attached hydrogens (tertiary/aromatic N) is 1. The van der Waals surface area contributed by atoms with E-state index in [9.17, 15) is 10.1 Å². The van der Waals surface area contributed by atoms with Gasteiger partial charge in [0.15, 0.2) is 0 Å². The molecule has 0 bridgehead atoms. The number of hydrogen-bond acceptors (Lipinski definition) is 3. The summed E-state index contributed by atoms with van der Waals surface area (Å²) >= 11 is 0. The summed E-state index contributed by atoms with van der Waals surface area (Å²) in [6.07, 6.45) is 3.22. The topological polar surface area (TPSA) is 62.1 Å². The molecule has 0 saturated heterocycles. The minimum atomic E-state index is -0.429. The van der Waals surface area contributed by atoms with E-state index >= 15 is 0 Å². The summed E-state index contributed by atoms with van der Waals surface area (Å²) in [5, 5.41) is 12.1. The van der Waals surface area contributed by atoms with E-state index in [0.29, 0.717) is 18.0 Å². The molecule has 0 aliphatic rings. The number of nitrogens with one attached hydrogen (secondary N) is 1. The van der Waals surface area contributed by atoms with E-state index in [1.54, 1.807) is 36.4 Å². The summed E-state index contributed by atoms with van der Waals surface area (Å²) < 4.78 is 5.41. The minimum absolute atomic E-state index is 0.0414. The molecule has 4 heteroatoms. The number of carbonyl (C=O) groups excluding carboxylic acids is 1.